The van der Waals surface area contributed by atoms with E-state index in [1.807, 2.05) is 24.3 Å². The van der Waals surface area contributed by atoms with Gasteiger partial charge in [-0.3, -0.25) is 10.1 Å². The number of aromatic amines is 1. The predicted molar refractivity (Wildman–Crippen MR) is 126 cm³/mol. The molecule has 3 N–H and O–H groups in total. The number of aliphatic imine (C=N–C) groups is 1. The molecule has 9 nitrogen and oxygen atoms in total. The summed E-state index contributed by atoms with van der Waals surface area (Å²) < 4.78 is 10.6. The zero-order valence-electron chi connectivity index (χ0n) is 17.7. The number of benzene rings is 1. The number of hydrogen-bond donors (Lipinski definition) is 3. The molecule has 0 aliphatic heterocycles. The third-order valence-corrected chi connectivity index (χ3v) is 4.57. The summed E-state index contributed by atoms with van der Waals surface area (Å²) in [4.78, 5) is 8.79. The van der Waals surface area contributed by atoms with E-state index in [0.717, 1.165) is 41.2 Å². The number of rotatable bonds is 8. The van der Waals surface area contributed by atoms with Gasteiger partial charge in [0, 0.05) is 31.1 Å². The van der Waals surface area contributed by atoms with Gasteiger partial charge >= 0.3 is 0 Å². The zero-order valence-corrected chi connectivity index (χ0v) is 20.0. The number of methoxy groups -OCH3 is 1. The van der Waals surface area contributed by atoms with E-state index in [9.17, 15) is 0 Å². The van der Waals surface area contributed by atoms with Crippen molar-refractivity contribution >= 4 is 29.9 Å². The molecule has 10 heteroatoms. The Kier molecular flexibility index (Phi) is 9.09. The van der Waals surface area contributed by atoms with Crippen LogP contribution in [0.5, 0.6) is 5.75 Å². The normalized spacial score (nSPS) is 11.1. The molecule has 1 aromatic carbocycles. The molecule has 3 rings (SSSR count). The highest BCUT2D eigenvalue weighted by atomic mass is 127. The summed E-state index contributed by atoms with van der Waals surface area (Å²) in [5.41, 5.74) is 2.99. The highest BCUT2D eigenvalue weighted by Crippen LogP contribution is 2.19. The second kappa shape index (κ2) is 11.5. The molecule has 30 heavy (non-hydrogen) atoms. The van der Waals surface area contributed by atoms with Crippen molar-refractivity contribution < 1.29 is 9.26 Å². The van der Waals surface area contributed by atoms with Crippen LogP contribution < -0.4 is 15.4 Å². The summed E-state index contributed by atoms with van der Waals surface area (Å²) in [5, 5.41) is 17.9. The average molecular weight is 525 g/mol. The van der Waals surface area contributed by atoms with E-state index in [4.69, 9.17) is 9.26 Å². The first kappa shape index (κ1) is 23.6. The first-order valence-electron chi connectivity index (χ1n) is 9.64. The number of guanidine groups is 1. The smallest absolute Gasteiger partial charge is 0.191 e. The first-order chi connectivity index (χ1) is 14.2. The van der Waals surface area contributed by atoms with Crippen LogP contribution in [0, 0.1) is 0 Å². The molecule has 2 aromatic heterocycles. The quantitative estimate of drug-likeness (QED) is 0.235. The Morgan fingerprint density at radius 3 is 2.50 bits per heavy atom. The number of H-pyrrole nitrogens is 1. The topological polar surface area (TPSA) is 113 Å². The lowest BCUT2D eigenvalue weighted by Gasteiger charge is -2.11. The number of nitrogens with zero attached hydrogens (tertiary/aromatic N) is 4. The lowest BCUT2D eigenvalue weighted by Crippen LogP contribution is -2.36. The molecule has 162 valence electrons. The number of ether oxygens (including phenoxy) is 1. The summed E-state index contributed by atoms with van der Waals surface area (Å²) in [5.74, 6) is 3.72. The summed E-state index contributed by atoms with van der Waals surface area (Å²) >= 11 is 0. The van der Waals surface area contributed by atoms with Crippen LogP contribution in [0.2, 0.25) is 0 Å². The van der Waals surface area contributed by atoms with Crippen LogP contribution in [0.3, 0.4) is 0 Å². The Labute approximate surface area is 193 Å². The molecule has 0 fully saturated rings. The Balaban J connectivity index is 0.00000320. The van der Waals surface area contributed by atoms with E-state index >= 15 is 0 Å². The maximum atomic E-state index is 5.41. The predicted octanol–water partition coefficient (Wildman–Crippen LogP) is 3.08. The number of aromatic nitrogens is 4. The molecular weight excluding hydrogens is 497 g/mol. The van der Waals surface area contributed by atoms with Crippen LogP contribution in [-0.2, 0) is 25.9 Å². The van der Waals surface area contributed by atoms with Crippen LogP contribution in [-0.4, -0.2) is 40.5 Å². The molecule has 0 saturated heterocycles. The van der Waals surface area contributed by atoms with Gasteiger partial charge in [-0.15, -0.1) is 24.0 Å². The SMILES string of the molecule is CCc1noc(CC)c1CNC(=NC)NCc1nc(-c2ccc(OC)cc2)n[nH]1.I. The molecule has 0 unspecified atom stereocenters. The molecule has 0 amide bonds. The molecule has 3 aromatic rings. The molecule has 0 saturated carbocycles. The lowest BCUT2D eigenvalue weighted by atomic mass is 10.1. The molecule has 0 aliphatic carbocycles. The standard InChI is InChI=1S/C20H27N7O2.HI/c1-5-16-15(17(6-2)29-27-16)11-22-20(21-3)23-12-18-24-19(26-25-18)13-7-9-14(28-4)10-8-13;/h7-10H,5-6,11-12H2,1-4H3,(H2,21,22,23)(H,24,25,26);1H. The monoisotopic (exact) mass is 525 g/mol. The van der Waals surface area contributed by atoms with Crippen LogP contribution in [0.25, 0.3) is 11.4 Å². The van der Waals surface area contributed by atoms with Gasteiger partial charge in [0.15, 0.2) is 11.8 Å². The minimum Gasteiger partial charge on any atom is -0.497 e. The fourth-order valence-corrected chi connectivity index (χ4v) is 2.94. The minimum absolute atomic E-state index is 0. The summed E-state index contributed by atoms with van der Waals surface area (Å²) in [6.45, 7) is 5.19. The highest BCUT2D eigenvalue weighted by Gasteiger charge is 2.14. The molecule has 0 atom stereocenters. The van der Waals surface area contributed by atoms with E-state index in [0.29, 0.717) is 30.7 Å². The van der Waals surface area contributed by atoms with Crippen LogP contribution in [0.4, 0.5) is 0 Å². The fourth-order valence-electron chi connectivity index (χ4n) is 2.94. The maximum Gasteiger partial charge on any atom is 0.191 e. The van der Waals surface area contributed by atoms with Gasteiger partial charge in [-0.05, 0) is 30.7 Å². The van der Waals surface area contributed by atoms with Crippen LogP contribution in [0.1, 0.15) is 36.7 Å². The summed E-state index contributed by atoms with van der Waals surface area (Å²) in [6, 6.07) is 7.62. The number of hydrogen-bond acceptors (Lipinski definition) is 6. The third-order valence-electron chi connectivity index (χ3n) is 4.57. The second-order valence-corrected chi connectivity index (χ2v) is 6.35. The van der Waals surface area contributed by atoms with Gasteiger partial charge in [0.05, 0.1) is 19.3 Å². The van der Waals surface area contributed by atoms with E-state index < -0.39 is 0 Å². The van der Waals surface area contributed by atoms with Gasteiger partial charge < -0.3 is 19.9 Å². The van der Waals surface area contributed by atoms with Gasteiger partial charge in [0.25, 0.3) is 0 Å². The number of halogens is 1. The largest absolute Gasteiger partial charge is 0.497 e. The molecular formula is C20H28IN7O2. The van der Waals surface area contributed by atoms with Crippen molar-refractivity contribution in [1.29, 1.82) is 0 Å². The fraction of sp³-hybridized carbons (Fsp3) is 0.400. The molecule has 0 bridgehead atoms. The second-order valence-electron chi connectivity index (χ2n) is 6.35. The first-order valence-corrected chi connectivity index (χ1v) is 9.64. The van der Waals surface area contributed by atoms with Crippen LogP contribution in [0.15, 0.2) is 33.8 Å². The van der Waals surface area contributed by atoms with Crippen molar-refractivity contribution in [2.75, 3.05) is 14.2 Å². The van der Waals surface area contributed by atoms with Crippen LogP contribution >= 0.6 is 24.0 Å². The van der Waals surface area contributed by atoms with Crippen molar-refractivity contribution in [1.82, 2.24) is 31.0 Å². The van der Waals surface area contributed by atoms with E-state index in [-0.39, 0.29) is 24.0 Å². The number of nitrogens with one attached hydrogen (secondary N) is 3. The Hall–Kier alpha value is -2.63. The third kappa shape index (κ3) is 5.71. The van der Waals surface area contributed by atoms with Gasteiger partial charge in [0.1, 0.15) is 17.3 Å². The minimum atomic E-state index is 0. The van der Waals surface area contributed by atoms with Gasteiger partial charge in [-0.1, -0.05) is 19.0 Å². The number of aryl methyl sites for hydroxylation is 2. The van der Waals surface area contributed by atoms with E-state index in [1.165, 1.54) is 0 Å². The van der Waals surface area contributed by atoms with Gasteiger partial charge in [0.2, 0.25) is 0 Å². The highest BCUT2D eigenvalue weighted by molar-refractivity contribution is 14.0. The van der Waals surface area contributed by atoms with Crippen molar-refractivity contribution in [3.63, 3.8) is 0 Å². The molecule has 0 spiro atoms. The van der Waals surface area contributed by atoms with Crippen molar-refractivity contribution in [3.8, 4) is 17.1 Å². The molecule has 2 heterocycles. The lowest BCUT2D eigenvalue weighted by molar-refractivity contribution is 0.380. The van der Waals surface area contributed by atoms with Gasteiger partial charge in [-0.25, -0.2) is 4.98 Å². The van der Waals surface area contributed by atoms with Crippen molar-refractivity contribution in [2.45, 2.75) is 39.8 Å². The Morgan fingerprint density at radius 1 is 1.13 bits per heavy atom. The maximum absolute atomic E-state index is 5.41. The Morgan fingerprint density at radius 2 is 1.87 bits per heavy atom. The zero-order chi connectivity index (χ0) is 20.6. The van der Waals surface area contributed by atoms with Crippen molar-refractivity contribution in [3.05, 3.63) is 47.1 Å². The van der Waals surface area contributed by atoms with E-state index in [2.05, 4.69) is 49.8 Å². The molecule has 0 radical (unpaired) electrons. The average Bonchev–Trinajstić information content (AvgIpc) is 3.40. The van der Waals surface area contributed by atoms with Gasteiger partial charge in [-0.2, -0.15) is 5.10 Å². The Bertz CT molecular complexity index is 929. The summed E-state index contributed by atoms with van der Waals surface area (Å²) in [6.07, 6.45) is 1.64. The molecule has 0 aliphatic rings. The summed E-state index contributed by atoms with van der Waals surface area (Å²) in [7, 11) is 3.37. The van der Waals surface area contributed by atoms with Crippen molar-refractivity contribution in [2.24, 2.45) is 4.99 Å². The van der Waals surface area contributed by atoms with E-state index in [1.54, 1.807) is 14.2 Å².